The minimum Gasteiger partial charge on any atom is -0.450 e. The highest BCUT2D eigenvalue weighted by Crippen LogP contribution is 2.26. The van der Waals surface area contributed by atoms with Crippen molar-refractivity contribution in [1.82, 2.24) is 5.32 Å². The molecule has 2 rings (SSSR count). The lowest BCUT2D eigenvalue weighted by atomic mass is 10.0. The lowest BCUT2D eigenvalue weighted by Gasteiger charge is -2.13. The molecule has 1 aliphatic carbocycles. The molecule has 0 saturated heterocycles. The second-order valence-corrected chi connectivity index (χ2v) is 3.13. The summed E-state index contributed by atoms with van der Waals surface area (Å²) in [7, 11) is 0. The van der Waals surface area contributed by atoms with Gasteiger partial charge < -0.3 is 15.2 Å². The molecule has 1 unspecified atom stereocenters. The van der Waals surface area contributed by atoms with E-state index in [2.05, 4.69) is 11.4 Å². The Bertz CT molecular complexity index is 293. The number of ether oxygens (including phenoxy) is 1. The summed E-state index contributed by atoms with van der Waals surface area (Å²) in [6.07, 6.45) is 4.46. The molecule has 0 aromatic carbocycles. The van der Waals surface area contributed by atoms with E-state index in [1.165, 1.54) is 0 Å². The Morgan fingerprint density at radius 2 is 2.54 bits per heavy atom. The largest absolute Gasteiger partial charge is 0.506 e. The quantitative estimate of drug-likeness (QED) is 0.598. The van der Waals surface area contributed by atoms with Crippen molar-refractivity contribution in [3.63, 3.8) is 0 Å². The highest BCUT2D eigenvalue weighted by molar-refractivity contribution is 5.58. The summed E-state index contributed by atoms with van der Waals surface area (Å²) in [6.45, 7) is 0.571. The van der Waals surface area contributed by atoms with Crippen LogP contribution in [0.15, 0.2) is 23.4 Å². The zero-order chi connectivity index (χ0) is 9.26. The summed E-state index contributed by atoms with van der Waals surface area (Å²) < 4.78 is 4.74. The second kappa shape index (κ2) is 3.12. The maximum atomic E-state index is 10.3. The predicted molar refractivity (Wildman–Crippen MR) is 46.3 cm³/mol. The lowest BCUT2D eigenvalue weighted by Crippen LogP contribution is -2.23. The number of carbonyl (C=O) groups is 1. The fourth-order valence-corrected chi connectivity index (χ4v) is 1.75. The number of allylic oxidation sites excluding steroid dienone is 2. The third-order valence-corrected chi connectivity index (χ3v) is 2.32. The van der Waals surface area contributed by atoms with Gasteiger partial charge in [0.2, 0.25) is 0 Å². The Labute approximate surface area is 75.9 Å². The van der Waals surface area contributed by atoms with Crippen LogP contribution in [0.4, 0.5) is 4.79 Å². The van der Waals surface area contributed by atoms with Crippen molar-refractivity contribution in [2.24, 2.45) is 0 Å². The van der Waals surface area contributed by atoms with E-state index in [1.807, 2.05) is 6.08 Å². The molecule has 0 radical (unpaired) electrons. The van der Waals surface area contributed by atoms with Gasteiger partial charge in [-0.05, 0) is 24.5 Å². The Morgan fingerprint density at radius 3 is 3.31 bits per heavy atom. The highest BCUT2D eigenvalue weighted by Gasteiger charge is 2.27. The van der Waals surface area contributed by atoms with Gasteiger partial charge in [-0.15, -0.1) is 0 Å². The predicted octanol–water partition coefficient (Wildman–Crippen LogP) is 1.26. The molecule has 0 aromatic rings. The van der Waals surface area contributed by atoms with Crippen LogP contribution in [0.2, 0.25) is 0 Å². The van der Waals surface area contributed by atoms with Gasteiger partial charge in [-0.3, -0.25) is 0 Å². The van der Waals surface area contributed by atoms with Crippen molar-refractivity contribution in [2.45, 2.75) is 18.9 Å². The molecule has 0 fully saturated rings. The zero-order valence-corrected chi connectivity index (χ0v) is 7.12. The Morgan fingerprint density at radius 1 is 1.69 bits per heavy atom. The fourth-order valence-electron chi connectivity index (χ4n) is 1.75. The SMILES string of the molecule is O=C(O)OC1CNC2=C1CCC=C2. The van der Waals surface area contributed by atoms with Crippen LogP contribution in [0.1, 0.15) is 12.8 Å². The average molecular weight is 181 g/mol. The van der Waals surface area contributed by atoms with Gasteiger partial charge in [-0.2, -0.15) is 0 Å². The Kier molecular flexibility index (Phi) is 1.96. The van der Waals surface area contributed by atoms with Crippen molar-refractivity contribution in [1.29, 1.82) is 0 Å². The van der Waals surface area contributed by atoms with Crippen LogP contribution in [0.3, 0.4) is 0 Å². The molecule has 1 heterocycles. The molecule has 0 bridgehead atoms. The minimum absolute atomic E-state index is 0.280. The van der Waals surface area contributed by atoms with Crippen LogP contribution in [0.25, 0.3) is 0 Å². The van der Waals surface area contributed by atoms with Crippen LogP contribution in [0, 0.1) is 0 Å². The van der Waals surface area contributed by atoms with Crippen LogP contribution in [-0.4, -0.2) is 23.9 Å². The maximum absolute atomic E-state index is 10.3. The summed E-state index contributed by atoms with van der Waals surface area (Å²) in [5, 5.41) is 11.6. The molecule has 4 heteroatoms. The topological polar surface area (TPSA) is 58.6 Å². The number of nitrogens with one attached hydrogen (secondary N) is 1. The van der Waals surface area contributed by atoms with Gasteiger partial charge in [-0.25, -0.2) is 4.79 Å². The van der Waals surface area contributed by atoms with Crippen LogP contribution >= 0.6 is 0 Å². The summed E-state index contributed by atoms with van der Waals surface area (Å²) in [5.41, 5.74) is 2.13. The van der Waals surface area contributed by atoms with Crippen LogP contribution in [-0.2, 0) is 4.74 Å². The van der Waals surface area contributed by atoms with Gasteiger partial charge in [0.05, 0.1) is 6.54 Å². The molecule has 70 valence electrons. The van der Waals surface area contributed by atoms with E-state index in [1.54, 1.807) is 0 Å². The number of hydrogen-bond acceptors (Lipinski definition) is 3. The number of hydrogen-bond donors (Lipinski definition) is 2. The smallest absolute Gasteiger partial charge is 0.450 e. The third kappa shape index (κ3) is 1.52. The van der Waals surface area contributed by atoms with E-state index in [4.69, 9.17) is 9.84 Å². The molecule has 2 aliphatic rings. The van der Waals surface area contributed by atoms with Gasteiger partial charge in [-0.1, -0.05) is 6.08 Å². The van der Waals surface area contributed by atoms with Gasteiger partial charge in [0, 0.05) is 5.70 Å². The van der Waals surface area contributed by atoms with E-state index < -0.39 is 6.16 Å². The molecule has 0 amide bonds. The van der Waals surface area contributed by atoms with Crippen LogP contribution < -0.4 is 5.32 Å². The standard InChI is InChI=1S/C9H11NO3/c11-9(12)13-8-5-10-7-4-2-1-3-6(7)8/h2,4,8,10H,1,3,5H2,(H,11,12). The van der Waals surface area contributed by atoms with Crippen LogP contribution in [0.5, 0.6) is 0 Å². The van der Waals surface area contributed by atoms with Crippen molar-refractivity contribution in [3.8, 4) is 0 Å². The summed E-state index contributed by atoms with van der Waals surface area (Å²) in [6, 6.07) is 0. The molecule has 1 atom stereocenters. The summed E-state index contributed by atoms with van der Waals surface area (Å²) >= 11 is 0. The zero-order valence-electron chi connectivity index (χ0n) is 7.12. The van der Waals surface area contributed by atoms with Gasteiger partial charge in [0.1, 0.15) is 6.10 Å². The molecule has 1 aliphatic heterocycles. The third-order valence-electron chi connectivity index (χ3n) is 2.32. The summed E-state index contributed by atoms with van der Waals surface area (Å²) in [4.78, 5) is 10.3. The Balaban J connectivity index is 2.12. The van der Waals surface area contributed by atoms with E-state index in [-0.39, 0.29) is 6.10 Å². The van der Waals surface area contributed by atoms with E-state index in [0.717, 1.165) is 24.1 Å². The highest BCUT2D eigenvalue weighted by atomic mass is 16.7. The molecular weight excluding hydrogens is 170 g/mol. The molecule has 0 saturated carbocycles. The monoisotopic (exact) mass is 181 g/mol. The normalized spacial score (nSPS) is 25.4. The first-order valence-electron chi connectivity index (χ1n) is 4.30. The van der Waals surface area contributed by atoms with Gasteiger partial charge >= 0.3 is 6.16 Å². The molecule has 4 nitrogen and oxygen atoms in total. The molecule has 0 spiro atoms. The number of rotatable bonds is 1. The summed E-state index contributed by atoms with van der Waals surface area (Å²) in [5.74, 6) is 0. The van der Waals surface area contributed by atoms with Gasteiger partial charge in [0.25, 0.3) is 0 Å². The van der Waals surface area contributed by atoms with E-state index in [9.17, 15) is 4.79 Å². The van der Waals surface area contributed by atoms with Crippen molar-refractivity contribution >= 4 is 6.16 Å². The second-order valence-electron chi connectivity index (χ2n) is 3.13. The first-order valence-corrected chi connectivity index (χ1v) is 4.30. The molecule has 2 N–H and O–H groups in total. The number of carboxylic acid groups (broad SMARTS) is 1. The van der Waals surface area contributed by atoms with Crippen molar-refractivity contribution in [3.05, 3.63) is 23.4 Å². The lowest BCUT2D eigenvalue weighted by molar-refractivity contribution is 0.0683. The first-order chi connectivity index (χ1) is 6.27. The van der Waals surface area contributed by atoms with Crippen molar-refractivity contribution in [2.75, 3.05) is 6.54 Å². The van der Waals surface area contributed by atoms with Gasteiger partial charge in [0.15, 0.2) is 0 Å². The minimum atomic E-state index is -1.20. The molecule has 0 aromatic heterocycles. The van der Waals surface area contributed by atoms with Crippen molar-refractivity contribution < 1.29 is 14.6 Å². The Hall–Kier alpha value is -1.45. The molecular formula is C9H11NO3. The van der Waals surface area contributed by atoms with E-state index in [0.29, 0.717) is 6.54 Å². The van der Waals surface area contributed by atoms with E-state index >= 15 is 0 Å². The fraction of sp³-hybridized carbons (Fsp3) is 0.444. The average Bonchev–Trinajstić information content (AvgIpc) is 2.48. The molecule has 13 heavy (non-hydrogen) atoms. The maximum Gasteiger partial charge on any atom is 0.506 e. The first kappa shape index (κ1) is 8.16.